The minimum atomic E-state index is -0.444. The van der Waals surface area contributed by atoms with Gasteiger partial charge in [-0.15, -0.1) is 0 Å². The molecule has 0 atom stereocenters. The molecular formula is C24H19N3O4. The van der Waals surface area contributed by atoms with Crippen LogP contribution in [0, 0.1) is 0 Å². The van der Waals surface area contributed by atoms with Crippen LogP contribution in [-0.2, 0) is 4.74 Å². The van der Waals surface area contributed by atoms with Crippen molar-refractivity contribution in [2.24, 2.45) is 0 Å². The molecule has 1 heterocycles. The summed E-state index contributed by atoms with van der Waals surface area (Å²) in [7, 11) is 0. The van der Waals surface area contributed by atoms with E-state index in [-0.39, 0.29) is 35.6 Å². The van der Waals surface area contributed by atoms with Crippen LogP contribution in [0.2, 0.25) is 0 Å². The van der Waals surface area contributed by atoms with Crippen molar-refractivity contribution in [2.45, 2.75) is 6.92 Å². The summed E-state index contributed by atoms with van der Waals surface area (Å²) in [6.45, 7) is 2.01. The lowest BCUT2D eigenvalue weighted by Gasteiger charge is -2.10. The Labute approximate surface area is 178 Å². The fourth-order valence-electron chi connectivity index (χ4n) is 3.07. The van der Waals surface area contributed by atoms with Gasteiger partial charge in [-0.1, -0.05) is 36.4 Å². The molecule has 0 aliphatic carbocycles. The summed E-state index contributed by atoms with van der Waals surface area (Å²) in [6, 6.07) is 20.2. The zero-order chi connectivity index (χ0) is 21.8. The maximum Gasteiger partial charge on any atom is 0.338 e. The highest BCUT2D eigenvalue weighted by molar-refractivity contribution is 5.90. The number of phenols is 2. The molecule has 0 unspecified atom stereocenters. The Morgan fingerprint density at radius 1 is 0.774 bits per heavy atom. The minimum Gasteiger partial charge on any atom is -0.507 e. The largest absolute Gasteiger partial charge is 0.507 e. The Hall–Kier alpha value is -4.26. The van der Waals surface area contributed by atoms with E-state index in [1.165, 1.54) is 0 Å². The number of benzene rings is 3. The summed E-state index contributed by atoms with van der Waals surface area (Å²) in [6.07, 6.45) is 0. The van der Waals surface area contributed by atoms with Crippen LogP contribution in [0.4, 0.5) is 0 Å². The van der Waals surface area contributed by atoms with Gasteiger partial charge in [0.25, 0.3) is 0 Å². The number of carbonyl (C=O) groups is 1. The first-order chi connectivity index (χ1) is 15.1. The molecule has 0 bridgehead atoms. The number of carbonyl (C=O) groups excluding carboxylic acids is 1. The van der Waals surface area contributed by atoms with E-state index in [4.69, 9.17) is 4.74 Å². The van der Waals surface area contributed by atoms with E-state index in [1.807, 2.05) is 0 Å². The minimum absolute atomic E-state index is 0.0168. The highest BCUT2D eigenvalue weighted by atomic mass is 16.5. The quantitative estimate of drug-likeness (QED) is 0.465. The van der Waals surface area contributed by atoms with E-state index in [1.54, 1.807) is 79.7 Å². The molecule has 4 rings (SSSR count). The van der Waals surface area contributed by atoms with Crippen molar-refractivity contribution in [1.29, 1.82) is 0 Å². The van der Waals surface area contributed by atoms with Crippen molar-refractivity contribution in [3.05, 3.63) is 78.4 Å². The molecule has 0 spiro atoms. The number of nitrogens with zero attached hydrogens (tertiary/aromatic N) is 3. The fourth-order valence-corrected chi connectivity index (χ4v) is 3.07. The molecule has 4 aromatic rings. The summed E-state index contributed by atoms with van der Waals surface area (Å²) in [5.41, 5.74) is 1.78. The molecule has 154 valence electrons. The van der Waals surface area contributed by atoms with E-state index < -0.39 is 5.97 Å². The highest BCUT2D eigenvalue weighted by Gasteiger charge is 2.17. The first-order valence-corrected chi connectivity index (χ1v) is 9.67. The molecule has 7 heteroatoms. The third-order valence-corrected chi connectivity index (χ3v) is 4.56. The molecule has 0 aliphatic rings. The van der Waals surface area contributed by atoms with Gasteiger partial charge in [-0.25, -0.2) is 19.7 Å². The summed E-state index contributed by atoms with van der Waals surface area (Å²) in [4.78, 5) is 25.7. The molecular weight excluding hydrogens is 394 g/mol. The number of rotatable bonds is 5. The third kappa shape index (κ3) is 4.20. The zero-order valence-electron chi connectivity index (χ0n) is 16.7. The average molecular weight is 413 g/mol. The zero-order valence-corrected chi connectivity index (χ0v) is 16.7. The van der Waals surface area contributed by atoms with Gasteiger partial charge in [-0.2, -0.15) is 0 Å². The van der Waals surface area contributed by atoms with Gasteiger partial charge in [0.2, 0.25) is 0 Å². The van der Waals surface area contributed by atoms with Gasteiger partial charge in [0.1, 0.15) is 11.5 Å². The predicted octanol–water partition coefficient (Wildman–Crippen LogP) is 4.46. The van der Waals surface area contributed by atoms with Crippen LogP contribution in [0.5, 0.6) is 11.5 Å². The van der Waals surface area contributed by atoms with E-state index in [0.29, 0.717) is 22.3 Å². The van der Waals surface area contributed by atoms with Crippen LogP contribution in [-0.4, -0.2) is 37.7 Å². The number of hydrogen-bond acceptors (Lipinski definition) is 7. The monoisotopic (exact) mass is 413 g/mol. The fraction of sp³-hybridized carbons (Fsp3) is 0.0833. The van der Waals surface area contributed by atoms with Gasteiger partial charge < -0.3 is 14.9 Å². The molecule has 0 radical (unpaired) electrons. The molecule has 7 nitrogen and oxygen atoms in total. The number of aromatic nitrogens is 3. The van der Waals surface area contributed by atoms with Gasteiger partial charge >= 0.3 is 5.97 Å². The van der Waals surface area contributed by atoms with Gasteiger partial charge in [-0.05, 0) is 43.3 Å². The highest BCUT2D eigenvalue weighted by Crippen LogP contribution is 2.32. The Kier molecular flexibility index (Phi) is 5.57. The Morgan fingerprint density at radius 2 is 1.32 bits per heavy atom. The first kappa shape index (κ1) is 20.0. The van der Waals surface area contributed by atoms with Crippen LogP contribution in [0.15, 0.2) is 72.8 Å². The van der Waals surface area contributed by atoms with E-state index in [2.05, 4.69) is 15.0 Å². The second-order valence-corrected chi connectivity index (χ2v) is 6.64. The van der Waals surface area contributed by atoms with Crippen LogP contribution >= 0.6 is 0 Å². The van der Waals surface area contributed by atoms with E-state index in [9.17, 15) is 15.0 Å². The van der Waals surface area contributed by atoms with Crippen LogP contribution in [0.25, 0.3) is 34.2 Å². The van der Waals surface area contributed by atoms with Crippen molar-refractivity contribution in [1.82, 2.24) is 15.0 Å². The number of aromatic hydroxyl groups is 2. The molecule has 3 aromatic carbocycles. The van der Waals surface area contributed by atoms with Crippen LogP contribution in [0.3, 0.4) is 0 Å². The average Bonchev–Trinajstić information content (AvgIpc) is 2.79. The summed E-state index contributed by atoms with van der Waals surface area (Å²) >= 11 is 0. The number of esters is 1. The second-order valence-electron chi connectivity index (χ2n) is 6.64. The predicted molar refractivity (Wildman–Crippen MR) is 115 cm³/mol. The Bertz CT molecular complexity index is 1190. The number of ether oxygens (including phenoxy) is 1. The maximum atomic E-state index is 12.2. The van der Waals surface area contributed by atoms with Gasteiger partial charge in [0.15, 0.2) is 17.5 Å². The van der Waals surface area contributed by atoms with Crippen LogP contribution < -0.4 is 0 Å². The van der Waals surface area contributed by atoms with Gasteiger partial charge in [0.05, 0.1) is 23.3 Å². The van der Waals surface area contributed by atoms with Crippen molar-refractivity contribution in [2.75, 3.05) is 6.61 Å². The summed E-state index contributed by atoms with van der Waals surface area (Å²) < 4.78 is 5.08. The Balaban J connectivity index is 1.91. The molecule has 0 fully saturated rings. The lowest BCUT2D eigenvalue weighted by atomic mass is 10.1. The van der Waals surface area contributed by atoms with Crippen LogP contribution in [0.1, 0.15) is 17.3 Å². The van der Waals surface area contributed by atoms with Gasteiger partial charge in [0, 0.05) is 5.56 Å². The second kappa shape index (κ2) is 8.62. The summed E-state index contributed by atoms with van der Waals surface area (Å²) in [5.74, 6) is 0.356. The normalized spacial score (nSPS) is 10.6. The summed E-state index contributed by atoms with van der Waals surface area (Å²) in [5, 5.41) is 20.6. The first-order valence-electron chi connectivity index (χ1n) is 9.67. The molecule has 0 saturated heterocycles. The number of phenolic OH excluding ortho intramolecular Hbond substituents is 2. The van der Waals surface area contributed by atoms with Crippen molar-refractivity contribution >= 4 is 5.97 Å². The molecule has 1 aromatic heterocycles. The molecule has 31 heavy (non-hydrogen) atoms. The van der Waals surface area contributed by atoms with E-state index in [0.717, 1.165) is 0 Å². The number of para-hydroxylation sites is 2. The standard InChI is InChI=1S/C24H19N3O4/c1-2-31-24(30)16-9-7-8-15(14-16)21-25-22(17-10-3-5-12-19(17)28)27-23(26-21)18-11-4-6-13-20(18)29/h3-14,28-29H,2H2,1H3. The molecule has 0 aliphatic heterocycles. The molecule has 2 N–H and O–H groups in total. The van der Waals surface area contributed by atoms with E-state index >= 15 is 0 Å². The smallest absolute Gasteiger partial charge is 0.338 e. The Morgan fingerprint density at radius 3 is 1.87 bits per heavy atom. The maximum absolute atomic E-state index is 12.2. The van der Waals surface area contributed by atoms with Crippen molar-refractivity contribution in [3.63, 3.8) is 0 Å². The number of hydrogen-bond donors (Lipinski definition) is 2. The molecule has 0 amide bonds. The third-order valence-electron chi connectivity index (χ3n) is 4.56. The van der Waals surface area contributed by atoms with Crippen molar-refractivity contribution < 1.29 is 19.7 Å². The SMILES string of the molecule is CCOC(=O)c1cccc(-c2nc(-c3ccccc3O)nc(-c3ccccc3O)n2)c1. The lowest BCUT2D eigenvalue weighted by molar-refractivity contribution is 0.0526. The van der Waals surface area contributed by atoms with Gasteiger partial charge in [-0.3, -0.25) is 0 Å². The van der Waals surface area contributed by atoms with Crippen molar-refractivity contribution in [3.8, 4) is 45.7 Å². The molecule has 0 saturated carbocycles. The lowest BCUT2D eigenvalue weighted by Crippen LogP contribution is -2.05. The topological polar surface area (TPSA) is 105 Å².